The van der Waals surface area contributed by atoms with E-state index < -0.39 is 4.92 Å². The highest BCUT2D eigenvalue weighted by molar-refractivity contribution is 9.10. The van der Waals surface area contributed by atoms with Gasteiger partial charge in [0.25, 0.3) is 11.6 Å². The molecule has 1 amide bonds. The minimum atomic E-state index is -0.505. The topological polar surface area (TPSA) is 75.5 Å². The van der Waals surface area contributed by atoms with Gasteiger partial charge < -0.3 is 10.2 Å². The number of rotatable bonds is 3. The van der Waals surface area contributed by atoms with Crippen molar-refractivity contribution < 1.29 is 9.72 Å². The lowest BCUT2D eigenvalue weighted by Gasteiger charge is -2.30. The monoisotopic (exact) mass is 341 g/mol. The van der Waals surface area contributed by atoms with Crippen LogP contribution in [-0.4, -0.2) is 41.9 Å². The minimum absolute atomic E-state index is 0.0902. The highest BCUT2D eigenvalue weighted by Crippen LogP contribution is 2.28. The van der Waals surface area contributed by atoms with Gasteiger partial charge in [0.2, 0.25) is 0 Å². The molecule has 0 bridgehead atoms. The summed E-state index contributed by atoms with van der Waals surface area (Å²) in [4.78, 5) is 24.8. The first-order valence-corrected chi connectivity index (χ1v) is 7.20. The Balaban J connectivity index is 2.13. The van der Waals surface area contributed by atoms with Crippen molar-refractivity contribution in [2.45, 2.75) is 18.9 Å². The fourth-order valence-electron chi connectivity index (χ4n) is 2.38. The van der Waals surface area contributed by atoms with Crippen LogP contribution in [0.4, 0.5) is 5.69 Å². The van der Waals surface area contributed by atoms with Crippen molar-refractivity contribution in [2.75, 3.05) is 20.1 Å². The zero-order chi connectivity index (χ0) is 14.7. The largest absolute Gasteiger partial charge is 0.348 e. The number of amides is 1. The Labute approximate surface area is 125 Å². The number of hydrogen-bond acceptors (Lipinski definition) is 4. The third-order valence-electron chi connectivity index (χ3n) is 3.38. The molecular weight excluding hydrogens is 326 g/mol. The van der Waals surface area contributed by atoms with Gasteiger partial charge in [-0.2, -0.15) is 0 Å². The molecule has 7 heteroatoms. The number of nitrogens with zero attached hydrogens (tertiary/aromatic N) is 2. The van der Waals surface area contributed by atoms with E-state index in [2.05, 4.69) is 26.1 Å². The number of nitrogens with one attached hydrogen (secondary N) is 1. The van der Waals surface area contributed by atoms with Gasteiger partial charge >= 0.3 is 0 Å². The quantitative estimate of drug-likeness (QED) is 0.675. The van der Waals surface area contributed by atoms with Crippen LogP contribution >= 0.6 is 15.9 Å². The maximum absolute atomic E-state index is 12.2. The average molecular weight is 342 g/mol. The molecule has 1 aliphatic rings. The maximum atomic E-state index is 12.2. The Kier molecular flexibility index (Phi) is 4.72. The van der Waals surface area contributed by atoms with Crippen LogP contribution in [0.25, 0.3) is 0 Å². The molecule has 2 rings (SSSR count). The first kappa shape index (κ1) is 14.9. The van der Waals surface area contributed by atoms with Gasteiger partial charge in [-0.3, -0.25) is 14.9 Å². The molecule has 1 unspecified atom stereocenters. The van der Waals surface area contributed by atoms with Crippen LogP contribution in [0.3, 0.4) is 0 Å². The third kappa shape index (κ3) is 3.34. The lowest BCUT2D eigenvalue weighted by Crippen LogP contribution is -2.46. The van der Waals surface area contributed by atoms with Crippen molar-refractivity contribution >= 4 is 27.5 Å². The van der Waals surface area contributed by atoms with E-state index in [0.717, 1.165) is 25.9 Å². The zero-order valence-corrected chi connectivity index (χ0v) is 12.7. The molecule has 20 heavy (non-hydrogen) atoms. The van der Waals surface area contributed by atoms with Gasteiger partial charge in [0.1, 0.15) is 4.47 Å². The van der Waals surface area contributed by atoms with Crippen LogP contribution in [0.5, 0.6) is 0 Å². The van der Waals surface area contributed by atoms with E-state index in [-0.39, 0.29) is 22.1 Å². The third-order valence-corrected chi connectivity index (χ3v) is 4.21. The molecule has 0 aromatic heterocycles. The normalized spacial score (nSPS) is 19.6. The molecule has 1 saturated heterocycles. The fourth-order valence-corrected chi connectivity index (χ4v) is 2.97. The molecule has 1 N–H and O–H groups in total. The number of nitro groups is 1. The highest BCUT2D eigenvalue weighted by atomic mass is 79.9. The fraction of sp³-hybridized carbons (Fsp3) is 0.462. The van der Waals surface area contributed by atoms with Gasteiger partial charge in [0.05, 0.1) is 10.5 Å². The van der Waals surface area contributed by atoms with Gasteiger partial charge in [0, 0.05) is 18.7 Å². The molecule has 1 aromatic rings. The second-order valence-electron chi connectivity index (χ2n) is 4.97. The number of halogens is 1. The van der Waals surface area contributed by atoms with Crippen molar-refractivity contribution in [3.05, 3.63) is 38.3 Å². The van der Waals surface area contributed by atoms with Gasteiger partial charge in [0.15, 0.2) is 0 Å². The summed E-state index contributed by atoms with van der Waals surface area (Å²) in [6.07, 6.45) is 1.97. The molecule has 0 aliphatic carbocycles. The highest BCUT2D eigenvalue weighted by Gasteiger charge is 2.23. The summed E-state index contributed by atoms with van der Waals surface area (Å²) >= 11 is 3.15. The zero-order valence-electron chi connectivity index (χ0n) is 11.1. The van der Waals surface area contributed by atoms with Crippen molar-refractivity contribution in [3.63, 3.8) is 0 Å². The number of carbonyl (C=O) groups excluding carboxylic acids is 1. The number of likely N-dealkylation sites (tertiary alicyclic amines) is 1. The predicted molar refractivity (Wildman–Crippen MR) is 78.8 cm³/mol. The van der Waals surface area contributed by atoms with E-state index in [4.69, 9.17) is 0 Å². The smallest absolute Gasteiger partial charge is 0.284 e. The second-order valence-corrected chi connectivity index (χ2v) is 5.76. The summed E-state index contributed by atoms with van der Waals surface area (Å²) in [7, 11) is 2.02. The van der Waals surface area contributed by atoms with Gasteiger partial charge in [-0.1, -0.05) is 6.07 Å². The average Bonchev–Trinajstić information content (AvgIpc) is 2.38. The summed E-state index contributed by atoms with van der Waals surface area (Å²) in [5, 5.41) is 13.8. The predicted octanol–water partition coefficient (Wildman–Crippen LogP) is 2.18. The van der Waals surface area contributed by atoms with Crippen molar-refractivity contribution in [1.29, 1.82) is 0 Å². The van der Waals surface area contributed by atoms with Crippen molar-refractivity contribution in [3.8, 4) is 0 Å². The van der Waals surface area contributed by atoms with Gasteiger partial charge in [-0.15, -0.1) is 0 Å². The summed E-state index contributed by atoms with van der Waals surface area (Å²) < 4.78 is 0.228. The van der Waals surface area contributed by atoms with E-state index in [0.29, 0.717) is 5.56 Å². The lowest BCUT2D eigenvalue weighted by atomic mass is 10.1. The Morgan fingerprint density at radius 1 is 1.55 bits per heavy atom. The number of carbonyl (C=O) groups is 1. The van der Waals surface area contributed by atoms with Crippen LogP contribution in [0.1, 0.15) is 23.2 Å². The van der Waals surface area contributed by atoms with Crippen molar-refractivity contribution in [2.24, 2.45) is 0 Å². The van der Waals surface area contributed by atoms with Crippen molar-refractivity contribution in [1.82, 2.24) is 10.2 Å². The molecule has 1 atom stereocenters. The summed E-state index contributed by atoms with van der Waals surface area (Å²) in [6.45, 7) is 1.84. The van der Waals surface area contributed by atoms with E-state index >= 15 is 0 Å². The standard InChI is InChI=1S/C13H16BrN3O3/c1-16-7-3-4-9(8-16)15-13(18)10-5-2-6-11(12(10)14)17(19)20/h2,5-6,9H,3-4,7-8H2,1H3,(H,15,18). The number of benzene rings is 1. The molecule has 1 aliphatic heterocycles. The summed E-state index contributed by atoms with van der Waals surface area (Å²) in [5.74, 6) is -0.277. The van der Waals surface area contributed by atoms with E-state index in [1.165, 1.54) is 12.1 Å². The molecular formula is C13H16BrN3O3. The van der Waals surface area contributed by atoms with E-state index in [1.807, 2.05) is 7.05 Å². The molecule has 1 heterocycles. The second kappa shape index (κ2) is 6.32. The van der Waals surface area contributed by atoms with Crippen LogP contribution in [0, 0.1) is 10.1 Å². The molecule has 108 valence electrons. The molecule has 0 spiro atoms. The molecule has 0 saturated carbocycles. The number of nitro benzene ring substituents is 1. The number of piperidine rings is 1. The van der Waals surface area contributed by atoms with E-state index in [9.17, 15) is 14.9 Å². The summed E-state index contributed by atoms with van der Waals surface area (Å²) in [6, 6.07) is 4.56. The first-order chi connectivity index (χ1) is 9.49. The Hall–Kier alpha value is -1.47. The number of hydrogen-bond donors (Lipinski definition) is 1. The number of likely N-dealkylation sites (N-methyl/N-ethyl adjacent to an activating group) is 1. The first-order valence-electron chi connectivity index (χ1n) is 6.41. The Morgan fingerprint density at radius 3 is 2.95 bits per heavy atom. The molecule has 1 aromatic carbocycles. The van der Waals surface area contributed by atoms with Crippen LogP contribution in [-0.2, 0) is 0 Å². The lowest BCUT2D eigenvalue weighted by molar-refractivity contribution is -0.385. The van der Waals surface area contributed by atoms with Gasteiger partial charge in [-0.25, -0.2) is 0 Å². The summed E-state index contributed by atoms with van der Waals surface area (Å²) in [5.41, 5.74) is 0.200. The van der Waals surface area contributed by atoms with Crippen LogP contribution in [0.2, 0.25) is 0 Å². The van der Waals surface area contributed by atoms with E-state index in [1.54, 1.807) is 6.07 Å². The maximum Gasteiger partial charge on any atom is 0.284 e. The molecule has 1 fully saturated rings. The Morgan fingerprint density at radius 2 is 2.30 bits per heavy atom. The Bertz CT molecular complexity index is 536. The van der Waals surface area contributed by atoms with Crippen LogP contribution in [0.15, 0.2) is 22.7 Å². The molecule has 0 radical (unpaired) electrons. The minimum Gasteiger partial charge on any atom is -0.348 e. The van der Waals surface area contributed by atoms with Crippen LogP contribution < -0.4 is 5.32 Å². The molecule has 6 nitrogen and oxygen atoms in total. The van der Waals surface area contributed by atoms with Gasteiger partial charge in [-0.05, 0) is 48.4 Å². The SMILES string of the molecule is CN1CCCC(NC(=O)c2cccc([N+](=O)[O-])c2Br)C1.